The number of aliphatic imine (C=N–C) groups is 1. The Morgan fingerprint density at radius 3 is 2.69 bits per heavy atom. The van der Waals surface area contributed by atoms with Crippen molar-refractivity contribution in [3.63, 3.8) is 0 Å². The van der Waals surface area contributed by atoms with Crippen molar-refractivity contribution < 1.29 is 4.79 Å². The van der Waals surface area contributed by atoms with Crippen molar-refractivity contribution in [2.24, 2.45) is 4.99 Å². The van der Waals surface area contributed by atoms with Crippen molar-refractivity contribution in [2.75, 3.05) is 6.54 Å². The Morgan fingerprint density at radius 1 is 1.38 bits per heavy atom. The number of nitrogens with zero attached hydrogens (tertiary/aromatic N) is 1. The van der Waals surface area contributed by atoms with Gasteiger partial charge in [0.15, 0.2) is 0 Å². The first kappa shape index (κ1) is 9.72. The number of rotatable bonds is 3. The van der Waals surface area contributed by atoms with Crippen LogP contribution < -0.4 is 0 Å². The van der Waals surface area contributed by atoms with Crippen LogP contribution in [0.25, 0.3) is 6.08 Å². The molecule has 0 spiro atoms. The third-order valence-corrected chi connectivity index (χ3v) is 1.69. The summed E-state index contributed by atoms with van der Waals surface area (Å²) < 4.78 is 0. The predicted octanol–water partition coefficient (Wildman–Crippen LogP) is 2.69. The van der Waals surface area contributed by atoms with Gasteiger partial charge in [-0.3, -0.25) is 0 Å². The van der Waals surface area contributed by atoms with E-state index in [-0.39, 0.29) is 0 Å². The maximum atomic E-state index is 9.72. The zero-order valence-electron chi connectivity index (χ0n) is 6.90. The van der Waals surface area contributed by atoms with Crippen molar-refractivity contribution in [3.05, 3.63) is 40.9 Å². The average molecular weight is 194 g/mol. The van der Waals surface area contributed by atoms with Gasteiger partial charge < -0.3 is 0 Å². The number of hydrogen-bond acceptors (Lipinski definition) is 2. The van der Waals surface area contributed by atoms with Gasteiger partial charge in [0.25, 0.3) is 0 Å². The highest BCUT2D eigenvalue weighted by molar-refractivity contribution is 6.30. The van der Waals surface area contributed by atoms with E-state index in [0.717, 1.165) is 5.56 Å². The molecular formula is C10H8ClNO. The Kier molecular flexibility index (Phi) is 3.97. The second-order valence-electron chi connectivity index (χ2n) is 2.39. The van der Waals surface area contributed by atoms with E-state index in [1.807, 2.05) is 30.3 Å². The minimum atomic E-state index is 0.367. The van der Waals surface area contributed by atoms with E-state index >= 15 is 0 Å². The number of carbonyl (C=O) groups excluding carboxylic acids is 1. The van der Waals surface area contributed by atoms with Crippen molar-refractivity contribution in [1.29, 1.82) is 0 Å². The first-order valence-corrected chi connectivity index (χ1v) is 4.16. The van der Waals surface area contributed by atoms with Gasteiger partial charge in [-0.25, -0.2) is 9.79 Å². The Hall–Kier alpha value is -1.37. The fraction of sp³-hybridized carbons (Fsp3) is 0.100. The summed E-state index contributed by atoms with van der Waals surface area (Å²) in [6.45, 7) is 0.367. The lowest BCUT2D eigenvalue weighted by Gasteiger charge is -1.91. The first-order chi connectivity index (χ1) is 6.33. The molecule has 3 heteroatoms. The molecule has 2 nitrogen and oxygen atoms in total. The molecule has 0 unspecified atom stereocenters. The standard InChI is InChI=1S/C10H8ClNO/c11-10-5-3-9(4-6-10)2-1-7-12-8-13/h1-6H,7H2/b2-1-. The summed E-state index contributed by atoms with van der Waals surface area (Å²) in [7, 11) is 0. The fourth-order valence-corrected chi connectivity index (χ4v) is 0.979. The maximum absolute atomic E-state index is 9.72. The van der Waals surface area contributed by atoms with E-state index in [9.17, 15) is 4.79 Å². The number of benzene rings is 1. The van der Waals surface area contributed by atoms with Crippen molar-refractivity contribution >= 4 is 23.8 Å². The molecule has 1 aromatic rings. The lowest BCUT2D eigenvalue weighted by Crippen LogP contribution is -1.73. The smallest absolute Gasteiger partial charge is 0.211 e. The predicted molar refractivity (Wildman–Crippen MR) is 53.5 cm³/mol. The van der Waals surface area contributed by atoms with E-state index in [1.165, 1.54) is 6.08 Å². The van der Waals surface area contributed by atoms with Gasteiger partial charge in [-0.05, 0) is 17.7 Å². The highest BCUT2D eigenvalue weighted by atomic mass is 35.5. The van der Waals surface area contributed by atoms with Crippen LogP contribution in [0.15, 0.2) is 35.3 Å². The van der Waals surface area contributed by atoms with Gasteiger partial charge >= 0.3 is 0 Å². The van der Waals surface area contributed by atoms with Crippen LogP contribution in [0.3, 0.4) is 0 Å². The lowest BCUT2D eigenvalue weighted by atomic mass is 10.2. The van der Waals surface area contributed by atoms with Gasteiger partial charge in [0.2, 0.25) is 6.08 Å². The summed E-state index contributed by atoms with van der Waals surface area (Å²) in [5, 5.41) is 0.711. The van der Waals surface area contributed by atoms with Gasteiger partial charge in [0, 0.05) is 5.02 Å². The van der Waals surface area contributed by atoms with E-state index < -0.39 is 0 Å². The topological polar surface area (TPSA) is 29.4 Å². The molecular weight excluding hydrogens is 186 g/mol. The summed E-state index contributed by atoms with van der Waals surface area (Å²) in [6, 6.07) is 7.40. The first-order valence-electron chi connectivity index (χ1n) is 3.78. The molecule has 0 aliphatic heterocycles. The zero-order valence-corrected chi connectivity index (χ0v) is 7.66. The Balaban J connectivity index is 2.58. The molecule has 1 aromatic carbocycles. The molecule has 0 aliphatic carbocycles. The van der Waals surface area contributed by atoms with E-state index in [0.29, 0.717) is 11.6 Å². The summed E-state index contributed by atoms with van der Waals surface area (Å²) in [5.41, 5.74) is 1.03. The molecule has 0 radical (unpaired) electrons. The zero-order chi connectivity index (χ0) is 9.52. The Morgan fingerprint density at radius 2 is 2.08 bits per heavy atom. The summed E-state index contributed by atoms with van der Waals surface area (Å²) in [5.74, 6) is 0. The number of isocyanates is 1. The van der Waals surface area contributed by atoms with Crippen LogP contribution in [0.4, 0.5) is 0 Å². The molecule has 1 rings (SSSR count). The van der Waals surface area contributed by atoms with Crippen molar-refractivity contribution in [3.8, 4) is 0 Å². The molecule has 0 fully saturated rings. The minimum Gasteiger partial charge on any atom is -0.211 e. The molecule has 0 amide bonds. The van der Waals surface area contributed by atoms with Gasteiger partial charge in [-0.15, -0.1) is 0 Å². The molecule has 0 saturated carbocycles. The minimum absolute atomic E-state index is 0.367. The number of halogens is 1. The quantitative estimate of drug-likeness (QED) is 0.536. The van der Waals surface area contributed by atoms with Crippen LogP contribution in [0, 0.1) is 0 Å². The van der Waals surface area contributed by atoms with Crippen molar-refractivity contribution in [1.82, 2.24) is 0 Å². The Labute approximate surface area is 81.6 Å². The fourth-order valence-electron chi connectivity index (χ4n) is 0.853. The highest BCUT2D eigenvalue weighted by Crippen LogP contribution is 2.10. The maximum Gasteiger partial charge on any atom is 0.235 e. The second kappa shape index (κ2) is 5.31. The number of hydrogen-bond donors (Lipinski definition) is 0. The van der Waals surface area contributed by atoms with Gasteiger partial charge in [0.05, 0.1) is 6.54 Å². The van der Waals surface area contributed by atoms with Crippen LogP contribution >= 0.6 is 11.6 Å². The van der Waals surface area contributed by atoms with Gasteiger partial charge in [-0.2, -0.15) is 0 Å². The normalized spacial score (nSPS) is 9.92. The summed E-state index contributed by atoms with van der Waals surface area (Å²) in [4.78, 5) is 13.1. The highest BCUT2D eigenvalue weighted by Gasteiger charge is 1.86. The molecule has 0 saturated heterocycles. The molecule has 13 heavy (non-hydrogen) atoms. The molecule has 0 N–H and O–H groups in total. The van der Waals surface area contributed by atoms with Crippen LogP contribution in [0.2, 0.25) is 5.02 Å². The largest absolute Gasteiger partial charge is 0.235 e. The van der Waals surface area contributed by atoms with Crippen LogP contribution in [-0.4, -0.2) is 12.6 Å². The van der Waals surface area contributed by atoms with Crippen LogP contribution in [-0.2, 0) is 4.79 Å². The second-order valence-corrected chi connectivity index (χ2v) is 2.82. The van der Waals surface area contributed by atoms with E-state index in [2.05, 4.69) is 4.99 Å². The molecule has 0 bridgehead atoms. The van der Waals surface area contributed by atoms with E-state index in [1.54, 1.807) is 6.08 Å². The summed E-state index contributed by atoms with van der Waals surface area (Å²) >= 11 is 5.70. The SMILES string of the molecule is O=C=NC/C=C\c1ccc(Cl)cc1. The monoisotopic (exact) mass is 193 g/mol. The van der Waals surface area contributed by atoms with Crippen molar-refractivity contribution in [2.45, 2.75) is 0 Å². The molecule has 0 heterocycles. The molecule has 0 aliphatic rings. The summed E-state index contributed by atoms with van der Waals surface area (Å²) in [6.07, 6.45) is 5.12. The molecule has 0 aromatic heterocycles. The lowest BCUT2D eigenvalue weighted by molar-refractivity contribution is 0.564. The van der Waals surface area contributed by atoms with Gasteiger partial charge in [-0.1, -0.05) is 35.9 Å². The average Bonchev–Trinajstić information content (AvgIpc) is 2.15. The van der Waals surface area contributed by atoms with Crippen LogP contribution in [0.1, 0.15) is 5.56 Å². The molecule has 66 valence electrons. The van der Waals surface area contributed by atoms with Gasteiger partial charge in [0.1, 0.15) is 0 Å². The third kappa shape index (κ3) is 3.70. The van der Waals surface area contributed by atoms with E-state index in [4.69, 9.17) is 11.6 Å². The third-order valence-electron chi connectivity index (χ3n) is 1.44. The Bertz CT molecular complexity index is 336. The van der Waals surface area contributed by atoms with Crippen LogP contribution in [0.5, 0.6) is 0 Å². The molecule has 0 atom stereocenters.